The van der Waals surface area contributed by atoms with Crippen LogP contribution in [0, 0.1) is 5.92 Å². The number of methoxy groups -OCH3 is 1. The minimum Gasteiger partial charge on any atom is -0.466 e. The molecule has 0 aromatic heterocycles. The lowest BCUT2D eigenvalue weighted by Crippen LogP contribution is -2.68. The third kappa shape index (κ3) is 6.05. The molecule has 0 bridgehead atoms. The highest BCUT2D eigenvalue weighted by atomic mass is 28.4. The molecule has 2 rings (SSSR count). The van der Waals surface area contributed by atoms with Gasteiger partial charge in [0.15, 0.2) is 0 Å². The second-order valence-electron chi connectivity index (χ2n) is 8.87. The van der Waals surface area contributed by atoms with Crippen LogP contribution in [0.1, 0.15) is 41.0 Å². The highest BCUT2D eigenvalue weighted by Crippen LogP contribution is 2.38. The maximum atomic E-state index is 11.6. The van der Waals surface area contributed by atoms with Gasteiger partial charge in [-0.15, -0.1) is 0 Å². The maximum absolute atomic E-state index is 11.6. The molecule has 0 heterocycles. The lowest BCUT2D eigenvalue weighted by Gasteiger charge is -2.46. The second kappa shape index (κ2) is 11.3. The van der Waals surface area contributed by atoms with Gasteiger partial charge in [0.25, 0.3) is 8.32 Å². The summed E-state index contributed by atoms with van der Waals surface area (Å²) in [5.74, 6) is -0.156. The molecular formula is C27H36O3Si. The molecule has 166 valence electrons. The molecule has 0 aliphatic rings. The number of benzene rings is 2. The molecule has 0 N–H and O–H groups in total. The highest BCUT2D eigenvalue weighted by Gasteiger charge is 2.51. The van der Waals surface area contributed by atoms with E-state index in [1.807, 2.05) is 13.0 Å². The third-order valence-electron chi connectivity index (χ3n) is 5.65. The summed E-state index contributed by atoms with van der Waals surface area (Å²) in [5, 5.41) is 2.40. The Kier molecular flexibility index (Phi) is 9.02. The molecule has 0 fully saturated rings. The Morgan fingerprint density at radius 2 is 1.52 bits per heavy atom. The Balaban J connectivity index is 2.62. The Morgan fingerprint density at radius 3 is 1.94 bits per heavy atom. The fourth-order valence-corrected chi connectivity index (χ4v) is 8.86. The monoisotopic (exact) mass is 436 g/mol. The highest BCUT2D eigenvalue weighted by molar-refractivity contribution is 6.99. The van der Waals surface area contributed by atoms with Crippen molar-refractivity contribution in [2.24, 2.45) is 5.92 Å². The Morgan fingerprint density at radius 1 is 1.00 bits per heavy atom. The van der Waals surface area contributed by atoms with Crippen LogP contribution in [-0.2, 0) is 14.0 Å². The Labute approximate surface area is 188 Å². The molecule has 0 saturated heterocycles. The summed E-state index contributed by atoms with van der Waals surface area (Å²) >= 11 is 0. The van der Waals surface area contributed by atoms with Gasteiger partial charge in [-0.2, -0.15) is 0 Å². The molecule has 0 spiro atoms. The molecule has 0 aliphatic carbocycles. The van der Waals surface area contributed by atoms with Crippen molar-refractivity contribution < 1.29 is 14.0 Å². The van der Waals surface area contributed by atoms with Gasteiger partial charge in [0, 0.05) is 6.08 Å². The van der Waals surface area contributed by atoms with Gasteiger partial charge in [-0.1, -0.05) is 107 Å². The first-order valence-electron chi connectivity index (χ1n) is 10.9. The molecule has 2 atom stereocenters. The van der Waals surface area contributed by atoms with Crippen LogP contribution in [0.4, 0.5) is 0 Å². The summed E-state index contributed by atoms with van der Waals surface area (Å²) in [6.07, 6.45) is 8.15. The van der Waals surface area contributed by atoms with E-state index in [-0.39, 0.29) is 23.0 Å². The van der Waals surface area contributed by atoms with E-state index < -0.39 is 8.32 Å². The van der Waals surface area contributed by atoms with Crippen LogP contribution in [0.2, 0.25) is 5.04 Å². The normalized spacial score (nSPS) is 14.6. The molecule has 0 aliphatic heterocycles. The van der Waals surface area contributed by atoms with E-state index in [0.717, 1.165) is 0 Å². The van der Waals surface area contributed by atoms with E-state index in [1.54, 1.807) is 0 Å². The average Bonchev–Trinajstić information content (AvgIpc) is 2.76. The van der Waals surface area contributed by atoms with E-state index in [1.165, 1.54) is 23.6 Å². The zero-order chi connectivity index (χ0) is 22.9. The minimum absolute atomic E-state index is 0.0802. The first-order chi connectivity index (χ1) is 14.8. The first-order valence-corrected chi connectivity index (χ1v) is 12.8. The van der Waals surface area contributed by atoms with Gasteiger partial charge < -0.3 is 9.16 Å². The number of hydrogen-bond donors (Lipinski definition) is 0. The van der Waals surface area contributed by atoms with E-state index in [2.05, 4.69) is 101 Å². The largest absolute Gasteiger partial charge is 0.466 e. The van der Waals surface area contributed by atoms with Crippen molar-refractivity contribution in [2.45, 2.75) is 52.2 Å². The molecule has 2 aromatic rings. The van der Waals surface area contributed by atoms with Crippen LogP contribution in [0.5, 0.6) is 0 Å². The van der Waals surface area contributed by atoms with Gasteiger partial charge >= 0.3 is 5.97 Å². The van der Waals surface area contributed by atoms with Crippen LogP contribution in [-0.4, -0.2) is 27.5 Å². The van der Waals surface area contributed by atoms with Crippen molar-refractivity contribution in [3.05, 3.63) is 85.0 Å². The summed E-state index contributed by atoms with van der Waals surface area (Å²) in [5.41, 5.74) is 0. The third-order valence-corrected chi connectivity index (χ3v) is 10.7. The second-order valence-corrected chi connectivity index (χ2v) is 13.1. The van der Waals surface area contributed by atoms with Crippen LogP contribution >= 0.6 is 0 Å². The van der Waals surface area contributed by atoms with Crippen molar-refractivity contribution in [3.63, 3.8) is 0 Å². The van der Waals surface area contributed by atoms with Crippen LogP contribution in [0.15, 0.2) is 85.0 Å². The predicted octanol–water partition coefficient (Wildman–Crippen LogP) is 5.26. The zero-order valence-electron chi connectivity index (χ0n) is 19.7. The van der Waals surface area contributed by atoms with Gasteiger partial charge in [-0.3, -0.25) is 0 Å². The zero-order valence-corrected chi connectivity index (χ0v) is 20.7. The average molecular weight is 437 g/mol. The van der Waals surface area contributed by atoms with Crippen molar-refractivity contribution >= 4 is 24.7 Å². The van der Waals surface area contributed by atoms with Crippen molar-refractivity contribution in [3.8, 4) is 0 Å². The van der Waals surface area contributed by atoms with Crippen LogP contribution < -0.4 is 10.4 Å². The van der Waals surface area contributed by atoms with E-state index in [0.29, 0.717) is 6.42 Å². The lowest BCUT2D eigenvalue weighted by molar-refractivity contribution is -0.134. The summed E-state index contributed by atoms with van der Waals surface area (Å²) in [6, 6.07) is 21.3. The molecular weight excluding hydrogens is 400 g/mol. The van der Waals surface area contributed by atoms with Crippen molar-refractivity contribution in [1.82, 2.24) is 0 Å². The van der Waals surface area contributed by atoms with E-state index >= 15 is 0 Å². The van der Waals surface area contributed by atoms with Crippen LogP contribution in [0.25, 0.3) is 0 Å². The minimum atomic E-state index is -2.67. The maximum Gasteiger partial charge on any atom is 0.330 e. The number of carbonyl (C=O) groups excluding carboxylic acids is 1. The smallest absolute Gasteiger partial charge is 0.330 e. The predicted molar refractivity (Wildman–Crippen MR) is 132 cm³/mol. The molecule has 0 saturated carbocycles. The topological polar surface area (TPSA) is 35.5 Å². The van der Waals surface area contributed by atoms with Gasteiger partial charge in [0.05, 0.1) is 13.2 Å². The molecule has 2 aromatic carbocycles. The molecule has 4 heteroatoms. The van der Waals surface area contributed by atoms with Crippen LogP contribution in [0.3, 0.4) is 0 Å². The van der Waals surface area contributed by atoms with E-state index in [9.17, 15) is 4.79 Å². The molecule has 0 radical (unpaired) electrons. The Bertz CT molecular complexity index is 827. The fraction of sp³-hybridized carbons (Fsp3) is 0.370. The van der Waals surface area contributed by atoms with Gasteiger partial charge in [-0.05, 0) is 34.7 Å². The standard InChI is InChI=1S/C27H36O3Si/c1-7-15-22(2)25(20-14-21-26(28)29-6)30-31(27(3,4)5,23-16-10-8-11-17-23)24-18-12-9-13-19-24/h7-19,21-22,25H,20H2,1-6H3/b15-7+,21-14+/t22-,25+/m1/s1. The number of ether oxygens (including phenoxy) is 1. The molecule has 0 unspecified atom stereocenters. The van der Waals surface area contributed by atoms with Crippen molar-refractivity contribution in [1.29, 1.82) is 0 Å². The quantitative estimate of drug-likeness (QED) is 0.233. The lowest BCUT2D eigenvalue weighted by atomic mass is 10.0. The summed E-state index contributed by atoms with van der Waals surface area (Å²) < 4.78 is 12.1. The fourth-order valence-electron chi connectivity index (χ4n) is 4.08. The van der Waals surface area contributed by atoms with Crippen molar-refractivity contribution in [2.75, 3.05) is 7.11 Å². The SMILES string of the molecule is C/C=C/[C@@H](C)[C@H](C/C=C/C(=O)OC)O[Si](c1ccccc1)(c1ccccc1)C(C)(C)C. The number of hydrogen-bond acceptors (Lipinski definition) is 3. The van der Waals surface area contributed by atoms with Gasteiger partial charge in [-0.25, -0.2) is 4.79 Å². The first kappa shape index (κ1) is 24.8. The summed E-state index contributed by atoms with van der Waals surface area (Å²) in [7, 11) is -1.28. The Hall–Kier alpha value is -2.43. The number of esters is 1. The summed E-state index contributed by atoms with van der Waals surface area (Å²) in [6.45, 7) is 11.0. The number of carbonyl (C=O) groups is 1. The van der Waals surface area contributed by atoms with Gasteiger partial charge in [0.2, 0.25) is 0 Å². The molecule has 31 heavy (non-hydrogen) atoms. The molecule has 0 amide bonds. The molecule has 3 nitrogen and oxygen atoms in total. The summed E-state index contributed by atoms with van der Waals surface area (Å²) in [4.78, 5) is 11.6. The number of rotatable bonds is 9. The van der Waals surface area contributed by atoms with Gasteiger partial charge in [0.1, 0.15) is 0 Å². The number of allylic oxidation sites excluding steroid dienone is 1. The van der Waals surface area contributed by atoms with E-state index in [4.69, 9.17) is 9.16 Å².